The predicted molar refractivity (Wildman–Crippen MR) is 79.3 cm³/mol. The van der Waals surface area contributed by atoms with Crippen LogP contribution in [0, 0.1) is 6.92 Å². The third kappa shape index (κ3) is 3.62. The number of aromatic nitrogens is 1. The summed E-state index contributed by atoms with van der Waals surface area (Å²) in [4.78, 5) is 4.11. The number of oxazole rings is 1. The molecule has 21 heavy (non-hydrogen) atoms. The van der Waals surface area contributed by atoms with Gasteiger partial charge < -0.3 is 10.2 Å². The van der Waals surface area contributed by atoms with Crippen LogP contribution in [-0.2, 0) is 16.6 Å². The minimum Gasteiger partial charge on any atom is -0.444 e. The molecule has 1 heterocycles. The van der Waals surface area contributed by atoms with Gasteiger partial charge in [-0.15, -0.1) is 0 Å². The maximum absolute atomic E-state index is 12.3. The summed E-state index contributed by atoms with van der Waals surface area (Å²) in [6.07, 6.45) is 1.54. The van der Waals surface area contributed by atoms with Crippen molar-refractivity contribution in [3.8, 4) is 0 Å². The molecule has 1 aromatic heterocycles. The average molecular weight is 330 g/mol. The van der Waals surface area contributed by atoms with E-state index in [4.69, 9.17) is 21.8 Å². The Morgan fingerprint density at radius 2 is 2.19 bits per heavy atom. The Balaban J connectivity index is 2.26. The molecular formula is C13H16ClN3O3S. The van der Waals surface area contributed by atoms with Gasteiger partial charge in [0.15, 0.2) is 0 Å². The second-order valence-corrected chi connectivity index (χ2v) is 6.73. The lowest BCUT2D eigenvalue weighted by molar-refractivity contribution is 0.428. The van der Waals surface area contributed by atoms with E-state index >= 15 is 0 Å². The van der Waals surface area contributed by atoms with E-state index in [1.165, 1.54) is 24.4 Å². The van der Waals surface area contributed by atoms with Crippen molar-refractivity contribution in [2.45, 2.75) is 31.3 Å². The molecule has 0 amide bonds. The van der Waals surface area contributed by atoms with Gasteiger partial charge in [-0.25, -0.2) is 13.4 Å². The predicted octanol–water partition coefficient (Wildman–Crippen LogP) is 2.13. The molecule has 1 atom stereocenters. The number of benzene rings is 1. The van der Waals surface area contributed by atoms with Gasteiger partial charge in [-0.2, -0.15) is 4.72 Å². The van der Waals surface area contributed by atoms with Crippen molar-refractivity contribution in [1.82, 2.24) is 9.71 Å². The number of aryl methyl sites for hydroxylation is 1. The summed E-state index contributed by atoms with van der Waals surface area (Å²) in [6, 6.07) is 3.81. The van der Waals surface area contributed by atoms with Gasteiger partial charge in [-0.05, 0) is 37.6 Å². The van der Waals surface area contributed by atoms with E-state index in [0.717, 1.165) is 0 Å². The van der Waals surface area contributed by atoms with E-state index in [1.54, 1.807) is 13.8 Å². The van der Waals surface area contributed by atoms with Gasteiger partial charge in [0.2, 0.25) is 15.9 Å². The van der Waals surface area contributed by atoms with Crippen LogP contribution in [0.4, 0.5) is 0 Å². The molecule has 0 fully saturated rings. The lowest BCUT2D eigenvalue weighted by atomic mass is 10.2. The van der Waals surface area contributed by atoms with E-state index in [1.807, 2.05) is 0 Å². The average Bonchev–Trinajstić information content (AvgIpc) is 2.85. The van der Waals surface area contributed by atoms with Gasteiger partial charge in [0.25, 0.3) is 0 Å². The Morgan fingerprint density at radius 1 is 1.48 bits per heavy atom. The maximum atomic E-state index is 12.3. The monoisotopic (exact) mass is 329 g/mol. The summed E-state index contributed by atoms with van der Waals surface area (Å²) in [7, 11) is -3.71. The molecule has 0 radical (unpaired) electrons. The van der Waals surface area contributed by atoms with Gasteiger partial charge in [0.05, 0.1) is 17.1 Å². The number of nitrogens with two attached hydrogens (primary N) is 1. The van der Waals surface area contributed by atoms with E-state index < -0.39 is 16.1 Å². The van der Waals surface area contributed by atoms with Crippen LogP contribution < -0.4 is 10.5 Å². The summed E-state index contributed by atoms with van der Waals surface area (Å²) < 4.78 is 32.5. The normalized spacial score (nSPS) is 13.3. The van der Waals surface area contributed by atoms with Gasteiger partial charge in [0.1, 0.15) is 5.76 Å². The van der Waals surface area contributed by atoms with Crippen molar-refractivity contribution < 1.29 is 12.8 Å². The number of rotatable bonds is 5. The molecule has 0 aliphatic rings. The Kier molecular flexibility index (Phi) is 4.67. The van der Waals surface area contributed by atoms with E-state index in [-0.39, 0.29) is 11.4 Å². The first-order valence-corrected chi connectivity index (χ1v) is 8.12. The van der Waals surface area contributed by atoms with Crippen LogP contribution in [0.25, 0.3) is 0 Å². The van der Waals surface area contributed by atoms with Gasteiger partial charge in [0, 0.05) is 11.6 Å². The van der Waals surface area contributed by atoms with Crippen LogP contribution >= 0.6 is 11.6 Å². The summed E-state index contributed by atoms with van der Waals surface area (Å²) in [5.41, 5.74) is 6.10. The first-order chi connectivity index (χ1) is 9.83. The Bertz CT molecular complexity index is 743. The topological polar surface area (TPSA) is 98.2 Å². The van der Waals surface area contributed by atoms with Crippen molar-refractivity contribution in [2.24, 2.45) is 5.73 Å². The molecule has 3 N–H and O–H groups in total. The number of halogens is 1. The Morgan fingerprint density at radius 3 is 2.76 bits per heavy atom. The zero-order chi connectivity index (χ0) is 15.6. The largest absolute Gasteiger partial charge is 0.444 e. The van der Waals surface area contributed by atoms with E-state index in [2.05, 4.69) is 9.71 Å². The highest BCUT2D eigenvalue weighted by Gasteiger charge is 2.21. The zero-order valence-electron chi connectivity index (χ0n) is 11.6. The van der Waals surface area contributed by atoms with Crippen LogP contribution in [0.3, 0.4) is 0 Å². The first-order valence-electron chi connectivity index (χ1n) is 6.26. The summed E-state index contributed by atoms with van der Waals surface area (Å²) >= 11 is 5.93. The molecule has 6 nitrogen and oxygen atoms in total. The molecule has 8 heteroatoms. The van der Waals surface area contributed by atoms with Gasteiger partial charge >= 0.3 is 0 Å². The van der Waals surface area contributed by atoms with Crippen LogP contribution in [0.1, 0.15) is 30.2 Å². The van der Waals surface area contributed by atoms with Gasteiger partial charge in [-0.1, -0.05) is 11.6 Å². The van der Waals surface area contributed by atoms with Crippen LogP contribution in [0.5, 0.6) is 0 Å². The second kappa shape index (κ2) is 6.15. The Hall–Kier alpha value is -1.41. The zero-order valence-corrected chi connectivity index (χ0v) is 13.2. The number of sulfonamides is 1. The minimum absolute atomic E-state index is 0.0995. The highest BCUT2D eigenvalue weighted by atomic mass is 35.5. The van der Waals surface area contributed by atoms with Crippen molar-refractivity contribution in [1.29, 1.82) is 0 Å². The molecule has 0 spiro atoms. The minimum atomic E-state index is -3.71. The number of nitrogens with zero attached hydrogens (tertiary/aromatic N) is 1. The number of hydrogen-bond acceptors (Lipinski definition) is 5. The van der Waals surface area contributed by atoms with Crippen LogP contribution in [0.15, 0.2) is 33.7 Å². The second-order valence-electron chi connectivity index (χ2n) is 4.61. The van der Waals surface area contributed by atoms with E-state index in [0.29, 0.717) is 22.2 Å². The molecule has 0 saturated carbocycles. The van der Waals surface area contributed by atoms with E-state index in [9.17, 15) is 8.42 Å². The Labute approximate surface area is 128 Å². The summed E-state index contributed by atoms with van der Waals surface area (Å²) in [5.74, 6) is 0.928. The summed E-state index contributed by atoms with van der Waals surface area (Å²) in [5, 5.41) is 0.438. The molecule has 0 bridgehead atoms. The lowest BCUT2D eigenvalue weighted by Crippen LogP contribution is -2.27. The standard InChI is InChI=1S/C13H16ClN3O3S/c1-8-7-16-13(20-8)9(2)17-21(18,19)11-3-4-12(14)10(5-11)6-15/h3-5,7,9,17H,6,15H2,1-2H3. The lowest BCUT2D eigenvalue weighted by Gasteiger charge is -2.12. The van der Waals surface area contributed by atoms with Crippen molar-refractivity contribution in [2.75, 3.05) is 0 Å². The third-order valence-corrected chi connectivity index (χ3v) is 4.80. The third-order valence-electron chi connectivity index (χ3n) is 2.89. The highest BCUT2D eigenvalue weighted by molar-refractivity contribution is 7.89. The fourth-order valence-electron chi connectivity index (χ4n) is 1.80. The molecule has 0 aliphatic carbocycles. The molecule has 114 valence electrons. The highest BCUT2D eigenvalue weighted by Crippen LogP contribution is 2.22. The molecule has 0 aliphatic heterocycles. The smallest absolute Gasteiger partial charge is 0.241 e. The summed E-state index contributed by atoms with van der Waals surface area (Å²) in [6.45, 7) is 3.56. The molecule has 1 unspecified atom stereocenters. The van der Waals surface area contributed by atoms with Crippen LogP contribution in [-0.4, -0.2) is 13.4 Å². The molecular weight excluding hydrogens is 314 g/mol. The van der Waals surface area contributed by atoms with Gasteiger partial charge in [-0.3, -0.25) is 0 Å². The quantitative estimate of drug-likeness (QED) is 0.875. The van der Waals surface area contributed by atoms with Crippen LogP contribution in [0.2, 0.25) is 5.02 Å². The van der Waals surface area contributed by atoms with Crippen molar-refractivity contribution >= 4 is 21.6 Å². The molecule has 2 rings (SSSR count). The van der Waals surface area contributed by atoms with Crippen molar-refractivity contribution in [3.63, 3.8) is 0 Å². The molecule has 2 aromatic rings. The number of hydrogen-bond donors (Lipinski definition) is 2. The fraction of sp³-hybridized carbons (Fsp3) is 0.308. The first kappa shape index (κ1) is 16.0. The van der Waals surface area contributed by atoms with Crippen molar-refractivity contribution in [3.05, 3.63) is 46.6 Å². The number of nitrogens with one attached hydrogen (secondary N) is 1. The molecule has 1 aromatic carbocycles. The SMILES string of the molecule is Cc1cnc(C(C)NS(=O)(=O)c2ccc(Cl)c(CN)c2)o1. The maximum Gasteiger partial charge on any atom is 0.241 e. The molecule has 0 saturated heterocycles. The fourth-order valence-corrected chi connectivity index (χ4v) is 3.24.